The Morgan fingerprint density at radius 2 is 2.06 bits per heavy atom. The van der Waals surface area contributed by atoms with Crippen LogP contribution in [0.2, 0.25) is 0 Å². The van der Waals surface area contributed by atoms with Crippen LogP contribution in [0.15, 0.2) is 0 Å². The van der Waals surface area contributed by atoms with Gasteiger partial charge in [-0.2, -0.15) is 0 Å². The number of methoxy groups -OCH3 is 1. The zero-order chi connectivity index (χ0) is 12.5. The molecule has 2 rings (SSSR count). The summed E-state index contributed by atoms with van der Waals surface area (Å²) in [4.78, 5) is 0. The molecule has 100 valence electrons. The Morgan fingerprint density at radius 1 is 1.35 bits per heavy atom. The normalized spacial score (nSPS) is 35.5. The van der Waals surface area contributed by atoms with Crippen LogP contribution in [0.4, 0.5) is 0 Å². The molecular weight excluding hydrogens is 238 g/mol. The Labute approximate surface area is 104 Å². The molecule has 0 aromatic heterocycles. The lowest BCUT2D eigenvalue weighted by molar-refractivity contribution is -0.0184. The summed E-state index contributed by atoms with van der Waals surface area (Å²) < 4.78 is 31.2. The van der Waals surface area contributed by atoms with Crippen LogP contribution in [-0.4, -0.2) is 44.8 Å². The van der Waals surface area contributed by atoms with Crippen LogP contribution in [0.1, 0.15) is 39.0 Å². The highest BCUT2D eigenvalue weighted by atomic mass is 32.2. The Bertz CT molecular complexity index is 368. The van der Waals surface area contributed by atoms with Gasteiger partial charge < -0.3 is 4.74 Å². The van der Waals surface area contributed by atoms with Crippen LogP contribution in [0.25, 0.3) is 0 Å². The third kappa shape index (κ3) is 2.37. The first-order valence-corrected chi connectivity index (χ1v) is 8.15. The lowest BCUT2D eigenvalue weighted by Gasteiger charge is -2.42. The lowest BCUT2D eigenvalue weighted by atomic mass is 9.77. The van der Waals surface area contributed by atoms with Gasteiger partial charge in [-0.1, -0.05) is 6.42 Å². The van der Waals surface area contributed by atoms with E-state index in [2.05, 4.69) is 0 Å². The maximum absolute atomic E-state index is 12.0. The summed E-state index contributed by atoms with van der Waals surface area (Å²) in [5.74, 6) is 0.209. The van der Waals surface area contributed by atoms with Gasteiger partial charge >= 0.3 is 0 Å². The van der Waals surface area contributed by atoms with E-state index >= 15 is 0 Å². The van der Waals surface area contributed by atoms with E-state index in [1.165, 1.54) is 6.42 Å². The molecule has 1 spiro atoms. The number of ether oxygens (including phenoxy) is 1. The molecule has 0 radical (unpaired) electrons. The van der Waals surface area contributed by atoms with Gasteiger partial charge in [0, 0.05) is 25.6 Å². The summed E-state index contributed by atoms with van der Waals surface area (Å²) in [5.41, 5.74) is 0.0925. The van der Waals surface area contributed by atoms with Gasteiger partial charge in [0.1, 0.15) is 0 Å². The highest BCUT2D eigenvalue weighted by Crippen LogP contribution is 2.46. The molecule has 5 heteroatoms. The summed E-state index contributed by atoms with van der Waals surface area (Å²) in [6, 6.07) is 0. The number of nitrogens with zero attached hydrogens (tertiary/aromatic N) is 1. The summed E-state index contributed by atoms with van der Waals surface area (Å²) in [6.45, 7) is 3.08. The predicted molar refractivity (Wildman–Crippen MR) is 67.3 cm³/mol. The average Bonchev–Trinajstić information content (AvgIpc) is 2.71. The Morgan fingerprint density at radius 3 is 2.71 bits per heavy atom. The first-order chi connectivity index (χ1) is 8.04. The van der Waals surface area contributed by atoms with E-state index in [-0.39, 0.29) is 17.3 Å². The number of rotatable bonds is 3. The van der Waals surface area contributed by atoms with Crippen molar-refractivity contribution in [3.8, 4) is 0 Å². The van der Waals surface area contributed by atoms with Gasteiger partial charge in [-0.05, 0) is 32.6 Å². The summed E-state index contributed by atoms with van der Waals surface area (Å²) in [5, 5.41) is 0. The molecule has 0 aromatic rings. The van der Waals surface area contributed by atoms with Gasteiger partial charge in [0.15, 0.2) is 0 Å². The van der Waals surface area contributed by atoms with Gasteiger partial charge in [-0.3, -0.25) is 0 Å². The Hall–Kier alpha value is -0.130. The first-order valence-electron chi connectivity index (χ1n) is 6.55. The minimum atomic E-state index is -3.04. The smallest absolute Gasteiger partial charge is 0.213 e. The second-order valence-corrected chi connectivity index (χ2v) is 7.57. The third-order valence-electron chi connectivity index (χ3n) is 4.44. The topological polar surface area (TPSA) is 46.6 Å². The van der Waals surface area contributed by atoms with Crippen molar-refractivity contribution in [3.63, 3.8) is 0 Å². The van der Waals surface area contributed by atoms with Crippen LogP contribution >= 0.6 is 0 Å². The van der Waals surface area contributed by atoms with E-state index in [0.29, 0.717) is 13.1 Å². The van der Waals surface area contributed by atoms with Crippen molar-refractivity contribution in [2.75, 3.05) is 26.0 Å². The zero-order valence-corrected chi connectivity index (χ0v) is 11.6. The Balaban J connectivity index is 2.17. The monoisotopic (exact) mass is 261 g/mol. The van der Waals surface area contributed by atoms with Gasteiger partial charge in [-0.25, -0.2) is 12.7 Å². The van der Waals surface area contributed by atoms with Gasteiger partial charge in [0.25, 0.3) is 0 Å². The number of sulfonamides is 1. The van der Waals surface area contributed by atoms with Crippen molar-refractivity contribution < 1.29 is 13.2 Å². The van der Waals surface area contributed by atoms with Crippen LogP contribution in [0.3, 0.4) is 0 Å². The maximum atomic E-state index is 12.0. The molecule has 1 aliphatic heterocycles. The van der Waals surface area contributed by atoms with Crippen LogP contribution < -0.4 is 0 Å². The molecule has 2 aliphatic rings. The van der Waals surface area contributed by atoms with Gasteiger partial charge in [0.2, 0.25) is 10.0 Å². The highest BCUT2D eigenvalue weighted by Gasteiger charge is 2.47. The van der Waals surface area contributed by atoms with Crippen molar-refractivity contribution >= 4 is 10.0 Å². The molecule has 0 aromatic carbocycles. The SMILES string of the molecule is CCS(=O)(=O)N1CCC[C@@]2(CCC[C@H]2OC)C1. The van der Waals surface area contributed by atoms with Crippen LogP contribution in [0.5, 0.6) is 0 Å². The molecule has 0 N–H and O–H groups in total. The number of hydrogen-bond acceptors (Lipinski definition) is 3. The third-order valence-corrected chi connectivity index (χ3v) is 6.27. The molecule has 0 amide bonds. The molecular formula is C12H23NO3S. The molecule has 1 saturated heterocycles. The highest BCUT2D eigenvalue weighted by molar-refractivity contribution is 7.89. The predicted octanol–water partition coefficient (Wildman–Crippen LogP) is 1.62. The largest absolute Gasteiger partial charge is 0.381 e. The van der Waals surface area contributed by atoms with E-state index < -0.39 is 10.0 Å². The molecule has 1 heterocycles. The fourth-order valence-corrected chi connectivity index (χ4v) is 4.70. The van der Waals surface area contributed by atoms with Gasteiger partial charge in [-0.15, -0.1) is 0 Å². The summed E-state index contributed by atoms with van der Waals surface area (Å²) in [7, 11) is -1.28. The molecule has 2 atom stereocenters. The van der Waals surface area contributed by atoms with Crippen molar-refractivity contribution in [2.24, 2.45) is 5.41 Å². The van der Waals surface area contributed by atoms with Crippen molar-refractivity contribution in [2.45, 2.75) is 45.1 Å². The summed E-state index contributed by atoms with van der Waals surface area (Å²) >= 11 is 0. The molecule has 2 fully saturated rings. The van der Waals surface area contributed by atoms with Crippen LogP contribution in [0, 0.1) is 5.41 Å². The van der Waals surface area contributed by atoms with Crippen molar-refractivity contribution in [1.82, 2.24) is 4.31 Å². The van der Waals surface area contributed by atoms with E-state index in [0.717, 1.165) is 25.7 Å². The van der Waals surface area contributed by atoms with E-state index in [9.17, 15) is 8.42 Å². The lowest BCUT2D eigenvalue weighted by Crippen LogP contribution is -2.50. The van der Waals surface area contributed by atoms with Crippen molar-refractivity contribution in [3.05, 3.63) is 0 Å². The molecule has 1 aliphatic carbocycles. The number of hydrogen-bond donors (Lipinski definition) is 0. The Kier molecular flexibility index (Phi) is 3.80. The van der Waals surface area contributed by atoms with Gasteiger partial charge in [0.05, 0.1) is 11.9 Å². The first kappa shape index (κ1) is 13.3. The van der Waals surface area contributed by atoms with E-state index in [1.807, 2.05) is 0 Å². The zero-order valence-electron chi connectivity index (χ0n) is 10.8. The minimum Gasteiger partial charge on any atom is -0.381 e. The molecule has 0 unspecified atom stereocenters. The van der Waals surface area contributed by atoms with Crippen molar-refractivity contribution in [1.29, 1.82) is 0 Å². The quantitative estimate of drug-likeness (QED) is 0.775. The standard InChI is InChI=1S/C12H23NO3S/c1-3-17(14,15)13-9-5-8-12(10-13)7-4-6-11(12)16-2/h11H,3-10H2,1-2H3/t11-,12+/m1/s1. The molecule has 4 nitrogen and oxygen atoms in total. The summed E-state index contributed by atoms with van der Waals surface area (Å²) in [6.07, 6.45) is 5.69. The van der Waals surface area contributed by atoms with Crippen LogP contribution in [-0.2, 0) is 14.8 Å². The molecule has 17 heavy (non-hydrogen) atoms. The molecule has 1 saturated carbocycles. The fourth-order valence-electron chi connectivity index (χ4n) is 3.48. The van der Waals surface area contributed by atoms with E-state index in [4.69, 9.17) is 4.74 Å². The maximum Gasteiger partial charge on any atom is 0.213 e. The average molecular weight is 261 g/mol. The second-order valence-electron chi connectivity index (χ2n) is 5.32. The number of piperidine rings is 1. The van der Waals surface area contributed by atoms with E-state index in [1.54, 1.807) is 18.3 Å². The minimum absolute atomic E-state index is 0.0925. The molecule has 0 bridgehead atoms. The second kappa shape index (κ2) is 4.86. The fraction of sp³-hybridized carbons (Fsp3) is 1.00.